The van der Waals surface area contributed by atoms with Crippen molar-refractivity contribution in [3.05, 3.63) is 12.0 Å². The highest BCUT2D eigenvalue weighted by molar-refractivity contribution is 5.84. The molecule has 2 rings (SSSR count). The van der Waals surface area contributed by atoms with Crippen LogP contribution in [0.5, 0.6) is 0 Å². The molecule has 0 radical (unpaired) electrons. The molecule has 2 aromatic rings. The summed E-state index contributed by atoms with van der Waals surface area (Å²) in [7, 11) is 0. The molecule has 2 aromatic heterocycles. The van der Waals surface area contributed by atoms with Crippen molar-refractivity contribution >= 4 is 16.9 Å². The van der Waals surface area contributed by atoms with Crippen LogP contribution in [0.4, 0.5) is 5.82 Å². The van der Waals surface area contributed by atoms with Crippen molar-refractivity contribution < 1.29 is 4.52 Å². The van der Waals surface area contributed by atoms with Gasteiger partial charge in [-0.2, -0.15) is 4.98 Å². The van der Waals surface area contributed by atoms with E-state index in [1.807, 2.05) is 6.92 Å². The summed E-state index contributed by atoms with van der Waals surface area (Å²) in [6.07, 6.45) is 2.51. The van der Waals surface area contributed by atoms with E-state index >= 15 is 0 Å². The van der Waals surface area contributed by atoms with Crippen molar-refractivity contribution in [3.63, 3.8) is 0 Å². The molecule has 0 aliphatic heterocycles. The van der Waals surface area contributed by atoms with Crippen LogP contribution in [0.3, 0.4) is 0 Å². The zero-order valence-corrected chi connectivity index (χ0v) is 8.53. The maximum Gasteiger partial charge on any atom is 0.263 e. The molecule has 0 bridgehead atoms. The molecular weight excluding hydrogens is 194 g/mol. The molecule has 6 nitrogen and oxygen atoms in total. The fourth-order valence-corrected chi connectivity index (χ4v) is 1.31. The first-order valence-corrected chi connectivity index (χ1v) is 4.84. The Morgan fingerprint density at radius 1 is 1.47 bits per heavy atom. The molecule has 15 heavy (non-hydrogen) atoms. The second kappa shape index (κ2) is 4.22. The summed E-state index contributed by atoms with van der Waals surface area (Å²) in [5.41, 5.74) is 5.92. The average molecular weight is 207 g/mol. The lowest BCUT2D eigenvalue weighted by atomic mass is 10.3. The largest absolute Gasteiger partial charge is 0.369 e. The molecule has 0 atom stereocenters. The van der Waals surface area contributed by atoms with E-state index in [0.29, 0.717) is 18.1 Å². The first-order valence-electron chi connectivity index (χ1n) is 4.84. The normalized spacial score (nSPS) is 10.8. The van der Waals surface area contributed by atoms with Crippen molar-refractivity contribution in [2.45, 2.75) is 13.3 Å². The number of hydrogen-bond donors (Lipinski definition) is 2. The summed E-state index contributed by atoms with van der Waals surface area (Å²) in [4.78, 5) is 8.40. The number of anilines is 1. The first-order chi connectivity index (χ1) is 7.31. The van der Waals surface area contributed by atoms with Crippen molar-refractivity contribution in [2.75, 3.05) is 18.4 Å². The minimum absolute atomic E-state index is 0.512. The van der Waals surface area contributed by atoms with Crippen LogP contribution < -0.4 is 11.1 Å². The number of rotatable bonds is 4. The third-order valence-corrected chi connectivity index (χ3v) is 2.02. The maximum atomic E-state index is 5.41. The highest BCUT2D eigenvalue weighted by Gasteiger charge is 2.08. The molecule has 0 amide bonds. The highest BCUT2D eigenvalue weighted by Crippen LogP contribution is 2.19. The highest BCUT2D eigenvalue weighted by atomic mass is 16.5. The van der Waals surface area contributed by atoms with E-state index in [0.717, 1.165) is 24.2 Å². The maximum absolute atomic E-state index is 5.41. The number of aryl methyl sites for hydroxylation is 1. The quantitative estimate of drug-likeness (QED) is 0.717. The van der Waals surface area contributed by atoms with Crippen molar-refractivity contribution in [3.8, 4) is 0 Å². The van der Waals surface area contributed by atoms with Gasteiger partial charge in [0.15, 0.2) is 0 Å². The van der Waals surface area contributed by atoms with Gasteiger partial charge in [0.25, 0.3) is 5.71 Å². The van der Waals surface area contributed by atoms with Gasteiger partial charge in [0.1, 0.15) is 17.0 Å². The third-order valence-electron chi connectivity index (χ3n) is 2.02. The second-order valence-corrected chi connectivity index (χ2v) is 3.23. The molecule has 80 valence electrons. The SMILES string of the molecule is Cc1nc(NCCCN)c2cnoc2n1. The monoisotopic (exact) mass is 207 g/mol. The Kier molecular flexibility index (Phi) is 2.77. The van der Waals surface area contributed by atoms with Crippen LogP contribution in [0.15, 0.2) is 10.7 Å². The average Bonchev–Trinajstić information content (AvgIpc) is 2.65. The zero-order valence-electron chi connectivity index (χ0n) is 8.53. The molecule has 6 heteroatoms. The molecule has 0 fully saturated rings. The topological polar surface area (TPSA) is 89.9 Å². The molecule has 0 aliphatic rings. The Morgan fingerprint density at radius 2 is 2.33 bits per heavy atom. The van der Waals surface area contributed by atoms with Gasteiger partial charge in [0, 0.05) is 6.54 Å². The smallest absolute Gasteiger partial charge is 0.263 e. The Hall–Kier alpha value is -1.69. The number of nitrogens with two attached hydrogens (primary N) is 1. The summed E-state index contributed by atoms with van der Waals surface area (Å²) >= 11 is 0. The van der Waals surface area contributed by atoms with E-state index in [2.05, 4.69) is 20.4 Å². The van der Waals surface area contributed by atoms with E-state index < -0.39 is 0 Å². The molecule has 0 unspecified atom stereocenters. The Balaban J connectivity index is 2.27. The number of fused-ring (bicyclic) bond motifs is 1. The van der Waals surface area contributed by atoms with Crippen LogP contribution in [-0.4, -0.2) is 28.2 Å². The number of nitrogens with zero attached hydrogens (tertiary/aromatic N) is 3. The van der Waals surface area contributed by atoms with Gasteiger partial charge in [-0.25, -0.2) is 4.98 Å². The van der Waals surface area contributed by atoms with Crippen LogP contribution >= 0.6 is 0 Å². The lowest BCUT2D eigenvalue weighted by molar-refractivity contribution is 0.448. The molecule has 2 heterocycles. The molecule has 0 saturated carbocycles. The molecule has 0 saturated heterocycles. The Morgan fingerprint density at radius 3 is 3.13 bits per heavy atom. The van der Waals surface area contributed by atoms with Gasteiger partial charge in [-0.05, 0) is 19.9 Å². The van der Waals surface area contributed by atoms with E-state index in [4.69, 9.17) is 10.3 Å². The first kappa shape index (κ1) is 9.85. The van der Waals surface area contributed by atoms with Crippen LogP contribution in [0.2, 0.25) is 0 Å². The van der Waals surface area contributed by atoms with Crippen molar-refractivity contribution in [1.82, 2.24) is 15.1 Å². The lowest BCUT2D eigenvalue weighted by Crippen LogP contribution is -2.10. The Bertz CT molecular complexity index is 453. The number of nitrogens with one attached hydrogen (secondary N) is 1. The fraction of sp³-hybridized carbons (Fsp3) is 0.444. The van der Waals surface area contributed by atoms with Gasteiger partial charge in [-0.15, -0.1) is 0 Å². The molecule has 0 aromatic carbocycles. The van der Waals surface area contributed by atoms with Gasteiger partial charge < -0.3 is 15.6 Å². The van der Waals surface area contributed by atoms with Crippen LogP contribution in [0, 0.1) is 6.92 Å². The third kappa shape index (κ3) is 2.04. The molecular formula is C9H13N5O. The molecule has 0 aliphatic carbocycles. The minimum Gasteiger partial charge on any atom is -0.369 e. The summed E-state index contributed by atoms with van der Waals surface area (Å²) in [6, 6.07) is 0. The van der Waals surface area contributed by atoms with Crippen LogP contribution in [0.1, 0.15) is 12.2 Å². The fourth-order valence-electron chi connectivity index (χ4n) is 1.31. The van der Waals surface area contributed by atoms with E-state index in [-0.39, 0.29) is 0 Å². The number of aromatic nitrogens is 3. The van der Waals surface area contributed by atoms with Gasteiger partial charge in [-0.1, -0.05) is 5.16 Å². The summed E-state index contributed by atoms with van der Waals surface area (Å²) in [6.45, 7) is 3.26. The van der Waals surface area contributed by atoms with Crippen molar-refractivity contribution in [1.29, 1.82) is 0 Å². The van der Waals surface area contributed by atoms with E-state index in [9.17, 15) is 0 Å². The van der Waals surface area contributed by atoms with Gasteiger partial charge in [0.2, 0.25) is 0 Å². The second-order valence-electron chi connectivity index (χ2n) is 3.23. The van der Waals surface area contributed by atoms with Crippen LogP contribution in [0.25, 0.3) is 11.1 Å². The van der Waals surface area contributed by atoms with E-state index in [1.54, 1.807) is 6.20 Å². The number of hydrogen-bond acceptors (Lipinski definition) is 6. The predicted molar refractivity (Wildman–Crippen MR) is 56.5 cm³/mol. The summed E-state index contributed by atoms with van der Waals surface area (Å²) < 4.78 is 4.98. The molecule has 0 spiro atoms. The summed E-state index contributed by atoms with van der Waals surface area (Å²) in [5.74, 6) is 1.42. The van der Waals surface area contributed by atoms with Gasteiger partial charge >= 0.3 is 0 Å². The van der Waals surface area contributed by atoms with Gasteiger partial charge in [-0.3, -0.25) is 0 Å². The lowest BCUT2D eigenvalue weighted by Gasteiger charge is -2.05. The molecule has 3 N–H and O–H groups in total. The summed E-state index contributed by atoms with van der Waals surface area (Å²) in [5, 5.41) is 7.68. The zero-order chi connectivity index (χ0) is 10.7. The standard InChI is InChI=1S/C9H13N5O/c1-6-13-8(11-4-2-3-10)7-5-12-15-9(7)14-6/h5H,2-4,10H2,1H3,(H,11,13,14). The predicted octanol–water partition coefficient (Wildman–Crippen LogP) is 0.687. The van der Waals surface area contributed by atoms with E-state index in [1.165, 1.54) is 0 Å². The minimum atomic E-state index is 0.512. The van der Waals surface area contributed by atoms with Gasteiger partial charge in [0.05, 0.1) is 6.20 Å². The Labute approximate surface area is 86.9 Å². The van der Waals surface area contributed by atoms with Crippen molar-refractivity contribution in [2.24, 2.45) is 5.73 Å². The van der Waals surface area contributed by atoms with Crippen LogP contribution in [-0.2, 0) is 0 Å².